The molecule has 29 heavy (non-hydrogen) atoms. The van der Waals surface area contributed by atoms with Crippen LogP contribution in [0.4, 0.5) is 5.95 Å². The van der Waals surface area contributed by atoms with E-state index >= 15 is 0 Å². The van der Waals surface area contributed by atoms with Crippen molar-refractivity contribution in [3.63, 3.8) is 0 Å². The van der Waals surface area contributed by atoms with Gasteiger partial charge < -0.3 is 15.8 Å². The monoisotopic (exact) mass is 390 g/mol. The van der Waals surface area contributed by atoms with Crippen LogP contribution in [0.15, 0.2) is 55.1 Å². The van der Waals surface area contributed by atoms with E-state index in [0.717, 1.165) is 36.9 Å². The highest BCUT2D eigenvalue weighted by Crippen LogP contribution is 2.26. The lowest BCUT2D eigenvalue weighted by Crippen LogP contribution is -2.32. The Morgan fingerprint density at radius 3 is 2.62 bits per heavy atom. The summed E-state index contributed by atoms with van der Waals surface area (Å²) in [7, 11) is 0. The predicted octanol–water partition coefficient (Wildman–Crippen LogP) is 2.83. The van der Waals surface area contributed by atoms with Crippen LogP contribution in [0, 0.1) is 0 Å². The maximum Gasteiger partial charge on any atom is 0.254 e. The molecule has 1 aliphatic rings. The van der Waals surface area contributed by atoms with Gasteiger partial charge in [0.1, 0.15) is 11.7 Å². The van der Waals surface area contributed by atoms with Gasteiger partial charge in [0.15, 0.2) is 0 Å². The molecule has 1 saturated carbocycles. The molecule has 3 N–H and O–H groups in total. The number of primary amides is 1. The molecule has 3 heterocycles. The van der Waals surface area contributed by atoms with Gasteiger partial charge in [0, 0.05) is 36.4 Å². The minimum absolute atomic E-state index is 0.00342. The highest BCUT2D eigenvalue weighted by atomic mass is 16.5. The average Bonchev–Trinajstić information content (AvgIpc) is 2.76. The number of hydrogen-bond acceptors (Lipinski definition) is 7. The zero-order valence-electron chi connectivity index (χ0n) is 15.9. The van der Waals surface area contributed by atoms with E-state index in [1.165, 1.54) is 0 Å². The summed E-state index contributed by atoms with van der Waals surface area (Å²) < 4.78 is 5.95. The lowest BCUT2D eigenvalue weighted by Gasteiger charge is -2.29. The second-order valence-electron chi connectivity index (χ2n) is 6.96. The number of nitrogens with two attached hydrogens (primary N) is 1. The smallest absolute Gasteiger partial charge is 0.254 e. The summed E-state index contributed by atoms with van der Waals surface area (Å²) >= 11 is 0. The van der Waals surface area contributed by atoms with Gasteiger partial charge in [-0.25, -0.2) is 15.0 Å². The van der Waals surface area contributed by atoms with Crippen LogP contribution in [-0.4, -0.2) is 38.0 Å². The number of carbonyl (C=O) groups excluding carboxylic acids is 1. The number of amides is 1. The van der Waals surface area contributed by atoms with Crippen LogP contribution in [0.2, 0.25) is 0 Å². The molecule has 0 bridgehead atoms. The molecule has 3 aromatic rings. The van der Waals surface area contributed by atoms with E-state index < -0.39 is 5.91 Å². The van der Waals surface area contributed by atoms with Crippen LogP contribution in [-0.2, 0) is 0 Å². The van der Waals surface area contributed by atoms with Crippen molar-refractivity contribution in [2.24, 2.45) is 5.73 Å². The van der Waals surface area contributed by atoms with Crippen molar-refractivity contribution in [3.05, 3.63) is 60.7 Å². The number of nitrogens with one attached hydrogen (secondary N) is 1. The Balaban J connectivity index is 1.35. The second-order valence-corrected chi connectivity index (χ2v) is 6.96. The lowest BCUT2D eigenvalue weighted by atomic mass is 9.93. The van der Waals surface area contributed by atoms with Crippen molar-refractivity contribution in [1.82, 2.24) is 19.9 Å². The average molecular weight is 390 g/mol. The highest BCUT2D eigenvalue weighted by molar-refractivity contribution is 5.94. The van der Waals surface area contributed by atoms with E-state index in [9.17, 15) is 4.79 Å². The van der Waals surface area contributed by atoms with Crippen molar-refractivity contribution in [3.8, 4) is 17.1 Å². The van der Waals surface area contributed by atoms with E-state index in [-0.39, 0.29) is 12.1 Å². The molecule has 8 heteroatoms. The molecule has 1 amide bonds. The third kappa shape index (κ3) is 4.66. The fourth-order valence-corrected chi connectivity index (χ4v) is 3.44. The van der Waals surface area contributed by atoms with E-state index in [4.69, 9.17) is 10.5 Å². The van der Waals surface area contributed by atoms with Crippen molar-refractivity contribution < 1.29 is 9.53 Å². The van der Waals surface area contributed by atoms with Crippen LogP contribution in [0.5, 0.6) is 5.88 Å². The maximum atomic E-state index is 11.5. The summed E-state index contributed by atoms with van der Waals surface area (Å²) in [6.07, 6.45) is 10.4. The zero-order chi connectivity index (χ0) is 20.1. The molecule has 148 valence electrons. The Kier molecular flexibility index (Phi) is 5.60. The predicted molar refractivity (Wildman–Crippen MR) is 108 cm³/mol. The van der Waals surface area contributed by atoms with Crippen LogP contribution in [0.3, 0.4) is 0 Å². The van der Waals surface area contributed by atoms with Gasteiger partial charge >= 0.3 is 0 Å². The number of anilines is 1. The van der Waals surface area contributed by atoms with Gasteiger partial charge in [-0.05, 0) is 56.0 Å². The van der Waals surface area contributed by atoms with Crippen LogP contribution in [0.25, 0.3) is 11.3 Å². The highest BCUT2D eigenvalue weighted by Gasteiger charge is 2.24. The number of carbonyl (C=O) groups is 1. The Hall–Kier alpha value is -3.55. The Morgan fingerprint density at radius 1 is 1.03 bits per heavy atom. The van der Waals surface area contributed by atoms with Crippen molar-refractivity contribution in [2.45, 2.75) is 37.8 Å². The minimum atomic E-state index is -0.533. The normalized spacial score (nSPS) is 18.8. The molecule has 3 aromatic heterocycles. The third-order valence-corrected chi connectivity index (χ3v) is 4.94. The molecule has 0 saturated heterocycles. The number of hydrogen-bond donors (Lipinski definition) is 2. The van der Waals surface area contributed by atoms with Gasteiger partial charge in [0.25, 0.3) is 5.91 Å². The number of nitrogens with zero attached hydrogens (tertiary/aromatic N) is 4. The van der Waals surface area contributed by atoms with Crippen molar-refractivity contribution in [1.29, 1.82) is 0 Å². The molecule has 1 aliphatic carbocycles. The standard InChI is InChI=1S/C21H22N6O2/c22-19(28)17-4-2-11-24-20(17)29-16-7-5-15(6-8-16)26-21-25-12-9-18(27-21)14-3-1-10-23-13-14/h1-4,9-13,15-16H,5-8H2,(H2,22,28)(H,25,26,27)/t15-,16-. The molecule has 0 aromatic carbocycles. The molecule has 0 spiro atoms. The van der Waals surface area contributed by atoms with Gasteiger partial charge in [0.05, 0.1) is 5.69 Å². The van der Waals surface area contributed by atoms with E-state index in [1.54, 1.807) is 36.9 Å². The summed E-state index contributed by atoms with van der Waals surface area (Å²) in [5.74, 6) is 0.384. The summed E-state index contributed by atoms with van der Waals surface area (Å²) in [5, 5.41) is 3.42. The van der Waals surface area contributed by atoms with Crippen LogP contribution in [0.1, 0.15) is 36.0 Å². The number of rotatable bonds is 6. The molecule has 1 fully saturated rings. The third-order valence-electron chi connectivity index (χ3n) is 4.94. The largest absolute Gasteiger partial charge is 0.474 e. The van der Waals surface area contributed by atoms with Gasteiger partial charge in [0.2, 0.25) is 11.8 Å². The van der Waals surface area contributed by atoms with Gasteiger partial charge in [-0.3, -0.25) is 9.78 Å². The second kappa shape index (κ2) is 8.64. The zero-order valence-corrected chi connectivity index (χ0v) is 15.9. The first kappa shape index (κ1) is 18.8. The molecule has 0 atom stereocenters. The summed E-state index contributed by atoms with van der Waals surface area (Å²) in [6, 6.07) is 9.29. The minimum Gasteiger partial charge on any atom is -0.474 e. The molecular formula is C21H22N6O2. The van der Waals surface area contributed by atoms with Crippen LogP contribution >= 0.6 is 0 Å². The Bertz CT molecular complexity index is 974. The molecule has 0 aliphatic heterocycles. The summed E-state index contributed by atoms with van der Waals surface area (Å²) in [4.78, 5) is 28.8. The maximum absolute atomic E-state index is 11.5. The molecule has 0 radical (unpaired) electrons. The Labute approximate surface area is 168 Å². The number of ether oxygens (including phenoxy) is 1. The molecular weight excluding hydrogens is 368 g/mol. The van der Waals surface area contributed by atoms with Gasteiger partial charge in [-0.2, -0.15) is 0 Å². The first-order valence-electron chi connectivity index (χ1n) is 9.60. The number of pyridine rings is 2. The lowest BCUT2D eigenvalue weighted by molar-refractivity contribution is 0.0983. The Morgan fingerprint density at radius 2 is 1.86 bits per heavy atom. The topological polar surface area (TPSA) is 116 Å². The van der Waals surface area contributed by atoms with Gasteiger partial charge in [-0.15, -0.1) is 0 Å². The quantitative estimate of drug-likeness (QED) is 0.665. The molecule has 8 nitrogen and oxygen atoms in total. The molecule has 4 rings (SSSR count). The van der Waals surface area contributed by atoms with E-state index in [0.29, 0.717) is 17.4 Å². The SMILES string of the molecule is NC(=O)c1cccnc1O[C@H]1CC[C@H](Nc2nccc(-c3cccnc3)n2)CC1. The fourth-order valence-electron chi connectivity index (χ4n) is 3.44. The first-order chi connectivity index (χ1) is 14.2. The first-order valence-corrected chi connectivity index (χ1v) is 9.60. The van der Waals surface area contributed by atoms with Crippen LogP contribution < -0.4 is 15.8 Å². The van der Waals surface area contributed by atoms with E-state index in [1.807, 2.05) is 18.2 Å². The van der Waals surface area contributed by atoms with Gasteiger partial charge in [-0.1, -0.05) is 0 Å². The fraction of sp³-hybridized carbons (Fsp3) is 0.286. The van der Waals surface area contributed by atoms with E-state index in [2.05, 4.69) is 25.3 Å². The van der Waals surface area contributed by atoms with Crippen molar-refractivity contribution in [2.75, 3.05) is 5.32 Å². The number of aromatic nitrogens is 4. The van der Waals surface area contributed by atoms with Crippen molar-refractivity contribution >= 4 is 11.9 Å². The summed E-state index contributed by atoms with van der Waals surface area (Å²) in [5.41, 5.74) is 7.50. The summed E-state index contributed by atoms with van der Waals surface area (Å²) in [6.45, 7) is 0. The molecule has 0 unspecified atom stereocenters.